The van der Waals surface area contributed by atoms with Crippen LogP contribution in [-0.2, 0) is 0 Å². The van der Waals surface area contributed by atoms with Gasteiger partial charge in [-0.25, -0.2) is 9.97 Å². The molecule has 0 saturated carbocycles. The summed E-state index contributed by atoms with van der Waals surface area (Å²) in [6.45, 7) is 0. The molecule has 1 aliphatic heterocycles. The average Bonchev–Trinajstić information content (AvgIpc) is 3.31. The van der Waals surface area contributed by atoms with Crippen LogP contribution in [0.5, 0.6) is 0 Å². The lowest BCUT2D eigenvalue weighted by Gasteiger charge is -2.10. The Morgan fingerprint density at radius 3 is 2.58 bits per heavy atom. The van der Waals surface area contributed by atoms with Crippen LogP contribution in [0.4, 0.5) is 5.69 Å². The van der Waals surface area contributed by atoms with Crippen molar-refractivity contribution >= 4 is 33.9 Å². The van der Waals surface area contributed by atoms with Gasteiger partial charge in [0.2, 0.25) is 0 Å². The first-order valence-corrected chi connectivity index (χ1v) is 12.4. The zero-order valence-electron chi connectivity index (χ0n) is 21.1. The van der Waals surface area contributed by atoms with E-state index < -0.39 is 0 Å². The molecule has 0 saturated heterocycles. The first kappa shape index (κ1) is 24.4. The van der Waals surface area contributed by atoms with E-state index in [1.165, 1.54) is 0 Å². The van der Waals surface area contributed by atoms with Crippen LogP contribution in [-0.4, -0.2) is 36.5 Å². The number of nitrogens with zero attached hydrogens (tertiary/aromatic N) is 4. The number of allylic oxidation sites excluding steroid dienone is 3. The highest BCUT2D eigenvalue weighted by Crippen LogP contribution is 2.25. The second kappa shape index (κ2) is 10.5. The van der Waals surface area contributed by atoms with E-state index in [1.807, 2.05) is 36.4 Å². The fraction of sp³-hybridized carbons (Fsp3) is 0. The number of nitrogens with one attached hydrogen (secondary N) is 4. The first-order chi connectivity index (χ1) is 19.6. The number of anilines is 1. The maximum atomic E-state index is 12.7. The Labute approximate surface area is 229 Å². The Morgan fingerprint density at radius 1 is 0.900 bits per heavy atom. The van der Waals surface area contributed by atoms with Gasteiger partial charge in [0.1, 0.15) is 22.6 Å². The van der Waals surface area contributed by atoms with Gasteiger partial charge < -0.3 is 21.4 Å². The summed E-state index contributed by atoms with van der Waals surface area (Å²) in [6, 6.07) is 19.8. The number of carbonyl (C=O) groups is 1. The van der Waals surface area contributed by atoms with Crippen LogP contribution < -0.4 is 16.4 Å². The Morgan fingerprint density at radius 2 is 1.75 bits per heavy atom. The number of nitrogen functional groups attached to an aromatic ring is 1. The lowest BCUT2D eigenvalue weighted by molar-refractivity contribution is 0.0967. The van der Waals surface area contributed by atoms with Crippen molar-refractivity contribution < 1.29 is 4.79 Å². The Kier molecular flexibility index (Phi) is 6.39. The predicted octanol–water partition coefficient (Wildman–Crippen LogP) is 4.18. The molecule has 1 amide bonds. The summed E-state index contributed by atoms with van der Waals surface area (Å²) in [7, 11) is 0. The minimum absolute atomic E-state index is 0.0319. The molecule has 0 aliphatic carbocycles. The summed E-state index contributed by atoms with van der Waals surface area (Å²) >= 11 is 0. The van der Waals surface area contributed by atoms with Crippen LogP contribution in [0.1, 0.15) is 27.6 Å². The van der Waals surface area contributed by atoms with E-state index in [0.29, 0.717) is 56.5 Å². The molecule has 5 heterocycles. The normalized spacial score (nSPS) is 12.7. The predicted molar refractivity (Wildman–Crippen MR) is 154 cm³/mol. The van der Waals surface area contributed by atoms with Gasteiger partial charge >= 0.3 is 0 Å². The molecule has 0 fully saturated rings. The molecule has 10 heteroatoms. The van der Waals surface area contributed by atoms with Gasteiger partial charge in [0.25, 0.3) is 5.91 Å². The third-order valence-electron chi connectivity index (χ3n) is 6.21. The summed E-state index contributed by atoms with van der Waals surface area (Å²) in [5.41, 5.74) is 11.9. The number of fused-ring (bicyclic) bond motifs is 1. The highest BCUT2D eigenvalue weighted by Gasteiger charge is 2.19. The van der Waals surface area contributed by atoms with Crippen LogP contribution >= 0.6 is 0 Å². The molecule has 0 radical (unpaired) electrons. The van der Waals surface area contributed by atoms with Crippen molar-refractivity contribution in [2.45, 2.75) is 0 Å². The quantitative estimate of drug-likeness (QED) is 0.208. The molecule has 194 valence electrons. The van der Waals surface area contributed by atoms with Crippen molar-refractivity contribution in [1.29, 1.82) is 5.41 Å². The number of carbonyl (C=O) groups excluding carboxylic acids is 1. The van der Waals surface area contributed by atoms with Gasteiger partial charge in [-0.05, 0) is 54.6 Å². The summed E-state index contributed by atoms with van der Waals surface area (Å²) in [4.78, 5) is 34.1. The number of amides is 1. The SMILES string of the molecule is N=C(c1nc2c(-c3ccccn3)nccc2[nH]1)c1nc(C2=CNC=CC(NC(=O)c3ccccc3)=C2)ccc1N. The lowest BCUT2D eigenvalue weighted by atomic mass is 10.1. The average molecular weight is 526 g/mol. The van der Waals surface area contributed by atoms with E-state index in [1.54, 1.807) is 67.3 Å². The third-order valence-corrected chi connectivity index (χ3v) is 6.21. The zero-order valence-corrected chi connectivity index (χ0v) is 21.1. The molecule has 5 aromatic rings. The van der Waals surface area contributed by atoms with Crippen LogP contribution in [0.3, 0.4) is 0 Å². The summed E-state index contributed by atoms with van der Waals surface area (Å²) in [5.74, 6) is 0.0763. The Bertz CT molecular complexity index is 1840. The molecule has 0 bridgehead atoms. The fourth-order valence-electron chi connectivity index (χ4n) is 4.24. The first-order valence-electron chi connectivity index (χ1n) is 12.4. The topological polar surface area (TPSA) is 158 Å². The monoisotopic (exact) mass is 525 g/mol. The van der Waals surface area contributed by atoms with Crippen molar-refractivity contribution in [2.75, 3.05) is 5.73 Å². The van der Waals surface area contributed by atoms with Gasteiger partial charge in [-0.3, -0.25) is 20.2 Å². The van der Waals surface area contributed by atoms with Crippen LogP contribution in [0.25, 0.3) is 28.0 Å². The molecule has 4 aromatic heterocycles. The molecule has 1 aliphatic rings. The standard InChI is InChI=1S/C30H23N9O/c31-21-9-10-22(19-16-20(11-14-33-17-19)36-30(40)18-6-2-1-3-7-18)37-26(21)25(32)29-38-24-12-15-35-27(28(24)39-29)23-8-4-5-13-34-23/h1-17,32-33H,31H2,(H,36,40)(H,38,39). The Balaban J connectivity index is 1.31. The molecule has 10 nitrogen and oxygen atoms in total. The molecule has 0 spiro atoms. The Hall–Kier alpha value is -5.90. The van der Waals surface area contributed by atoms with Gasteiger partial charge in [0.05, 0.1) is 22.6 Å². The fourth-order valence-corrected chi connectivity index (χ4v) is 4.24. The van der Waals surface area contributed by atoms with Gasteiger partial charge in [0.15, 0.2) is 5.82 Å². The largest absolute Gasteiger partial charge is 0.397 e. The molecule has 6 N–H and O–H groups in total. The number of rotatable bonds is 6. The highest BCUT2D eigenvalue weighted by molar-refractivity contribution is 6.12. The molecule has 40 heavy (non-hydrogen) atoms. The second-order valence-corrected chi connectivity index (χ2v) is 8.88. The number of aromatic amines is 1. The van der Waals surface area contributed by atoms with E-state index in [9.17, 15) is 4.79 Å². The van der Waals surface area contributed by atoms with Gasteiger partial charge in [0, 0.05) is 41.6 Å². The van der Waals surface area contributed by atoms with E-state index >= 15 is 0 Å². The lowest BCUT2D eigenvalue weighted by Crippen LogP contribution is -2.21. The number of benzene rings is 1. The number of hydrogen-bond donors (Lipinski definition) is 5. The van der Waals surface area contributed by atoms with Crippen molar-refractivity contribution in [1.82, 2.24) is 35.6 Å². The molecule has 0 unspecified atom stereocenters. The van der Waals surface area contributed by atoms with Crippen LogP contribution in [0.2, 0.25) is 0 Å². The molecule has 6 rings (SSSR count). The number of imidazole rings is 1. The second-order valence-electron chi connectivity index (χ2n) is 8.88. The highest BCUT2D eigenvalue weighted by atomic mass is 16.1. The minimum Gasteiger partial charge on any atom is -0.397 e. The number of aromatic nitrogens is 5. The number of pyridine rings is 3. The van der Waals surface area contributed by atoms with Crippen LogP contribution in [0.15, 0.2) is 109 Å². The smallest absolute Gasteiger partial charge is 0.255 e. The number of nitrogens with two attached hydrogens (primary N) is 1. The van der Waals surface area contributed by atoms with E-state index in [2.05, 4.69) is 30.6 Å². The summed E-state index contributed by atoms with van der Waals surface area (Å²) in [6.07, 6.45) is 10.4. The molecule has 0 atom stereocenters. The maximum Gasteiger partial charge on any atom is 0.255 e. The van der Waals surface area contributed by atoms with E-state index in [4.69, 9.17) is 16.1 Å². The maximum absolute atomic E-state index is 12.7. The summed E-state index contributed by atoms with van der Waals surface area (Å²) < 4.78 is 0. The summed E-state index contributed by atoms with van der Waals surface area (Å²) in [5, 5.41) is 14.9. The molecule has 1 aromatic carbocycles. The van der Waals surface area contributed by atoms with Crippen molar-refractivity contribution in [2.24, 2.45) is 0 Å². The third kappa shape index (κ3) is 4.84. The van der Waals surface area contributed by atoms with E-state index in [0.717, 1.165) is 0 Å². The van der Waals surface area contributed by atoms with E-state index in [-0.39, 0.29) is 17.3 Å². The number of H-pyrrole nitrogens is 1. The van der Waals surface area contributed by atoms with Gasteiger partial charge in [-0.1, -0.05) is 24.3 Å². The van der Waals surface area contributed by atoms with Gasteiger partial charge in [-0.2, -0.15) is 0 Å². The zero-order chi connectivity index (χ0) is 27.5. The van der Waals surface area contributed by atoms with Crippen molar-refractivity contribution in [3.05, 3.63) is 132 Å². The van der Waals surface area contributed by atoms with Crippen LogP contribution in [0, 0.1) is 5.41 Å². The van der Waals surface area contributed by atoms with Crippen molar-refractivity contribution in [3.63, 3.8) is 0 Å². The number of hydrogen-bond acceptors (Lipinski definition) is 8. The molecular formula is C30H23N9O. The van der Waals surface area contributed by atoms with Crippen molar-refractivity contribution in [3.8, 4) is 11.4 Å². The minimum atomic E-state index is -0.227. The molecular weight excluding hydrogens is 502 g/mol. The van der Waals surface area contributed by atoms with Gasteiger partial charge in [-0.15, -0.1) is 0 Å².